The number of carbonyl (C=O) groups is 2. The van der Waals surface area contributed by atoms with Gasteiger partial charge < -0.3 is 9.72 Å². The van der Waals surface area contributed by atoms with Gasteiger partial charge in [0.1, 0.15) is 5.69 Å². The van der Waals surface area contributed by atoms with Crippen LogP contribution in [0.2, 0.25) is 10.0 Å². The number of hydrazone groups is 1. The molecule has 0 saturated heterocycles. The predicted molar refractivity (Wildman–Crippen MR) is 162 cm³/mol. The molecule has 10 heteroatoms. The van der Waals surface area contributed by atoms with Crippen molar-refractivity contribution >= 4 is 84.1 Å². The molecular weight excluding hydrogens is 669 g/mol. The van der Waals surface area contributed by atoms with E-state index in [0.717, 1.165) is 10.9 Å². The van der Waals surface area contributed by atoms with E-state index in [2.05, 4.69) is 47.4 Å². The Morgan fingerprint density at radius 2 is 1.62 bits per heavy atom. The number of nitrogens with zero attached hydrogens (tertiary/aromatic N) is 1. The number of para-hydroxylation sites is 1. The number of hydrogen-bond donors (Lipinski definition) is 2. The fraction of sp³-hybridized carbons (Fsp3) is 0. The lowest BCUT2D eigenvalue weighted by Crippen LogP contribution is -2.19. The lowest BCUT2D eigenvalue weighted by atomic mass is 10.0. The molecule has 2 N–H and O–H groups in total. The van der Waals surface area contributed by atoms with E-state index in [1.54, 1.807) is 42.5 Å². The van der Waals surface area contributed by atoms with Crippen LogP contribution in [0, 0.1) is 0 Å². The van der Waals surface area contributed by atoms with E-state index in [1.165, 1.54) is 6.21 Å². The number of ether oxygens (including phenoxy) is 1. The number of aromatic amines is 1. The van der Waals surface area contributed by atoms with Crippen molar-refractivity contribution in [1.82, 2.24) is 10.4 Å². The summed E-state index contributed by atoms with van der Waals surface area (Å²) in [5, 5.41) is 5.73. The highest BCUT2D eigenvalue weighted by Crippen LogP contribution is 2.36. The molecule has 0 aliphatic carbocycles. The van der Waals surface area contributed by atoms with Crippen molar-refractivity contribution in [2.24, 2.45) is 5.10 Å². The molecular formula is C29H17Br2Cl2N3O3. The Balaban J connectivity index is 1.45. The number of esters is 1. The Morgan fingerprint density at radius 3 is 2.38 bits per heavy atom. The summed E-state index contributed by atoms with van der Waals surface area (Å²) in [5.41, 5.74) is 5.73. The molecule has 0 aliphatic rings. The zero-order chi connectivity index (χ0) is 27.5. The SMILES string of the molecule is O=C(Oc1c(Br)cc(Br)cc1C=NNC(=O)c1[nH]c2c(Cl)cccc2c1-c1ccccc1)c1ccccc1Cl. The van der Waals surface area contributed by atoms with Crippen molar-refractivity contribution < 1.29 is 14.3 Å². The number of fused-ring (bicyclic) bond motifs is 1. The first kappa shape index (κ1) is 27.1. The lowest BCUT2D eigenvalue weighted by molar-refractivity contribution is 0.0733. The van der Waals surface area contributed by atoms with E-state index in [0.29, 0.717) is 36.3 Å². The van der Waals surface area contributed by atoms with Gasteiger partial charge in [-0.1, -0.05) is 93.7 Å². The van der Waals surface area contributed by atoms with Crippen LogP contribution in [-0.4, -0.2) is 23.1 Å². The van der Waals surface area contributed by atoms with Gasteiger partial charge in [0.05, 0.1) is 31.8 Å². The van der Waals surface area contributed by atoms with Gasteiger partial charge in [0.25, 0.3) is 5.91 Å². The third-order valence-electron chi connectivity index (χ3n) is 5.77. The number of nitrogens with one attached hydrogen (secondary N) is 2. The number of hydrogen-bond acceptors (Lipinski definition) is 4. The summed E-state index contributed by atoms with van der Waals surface area (Å²) in [6.45, 7) is 0. The maximum Gasteiger partial charge on any atom is 0.345 e. The van der Waals surface area contributed by atoms with Crippen molar-refractivity contribution in [2.45, 2.75) is 0 Å². The number of rotatable bonds is 6. The zero-order valence-corrected chi connectivity index (χ0v) is 24.5. The van der Waals surface area contributed by atoms with Gasteiger partial charge in [-0.3, -0.25) is 4.79 Å². The topological polar surface area (TPSA) is 83.5 Å². The number of H-pyrrole nitrogens is 1. The fourth-order valence-corrected chi connectivity index (χ4v) is 5.81. The molecule has 0 bridgehead atoms. The second-order valence-electron chi connectivity index (χ2n) is 8.28. The first-order chi connectivity index (χ1) is 18.8. The maximum atomic E-state index is 13.3. The predicted octanol–water partition coefficient (Wildman–Crippen LogP) is 8.65. The maximum absolute atomic E-state index is 13.3. The van der Waals surface area contributed by atoms with E-state index in [9.17, 15) is 9.59 Å². The van der Waals surface area contributed by atoms with Crippen LogP contribution in [-0.2, 0) is 0 Å². The fourth-order valence-electron chi connectivity index (χ4n) is 4.03. The molecule has 6 nitrogen and oxygen atoms in total. The number of halogens is 4. The number of amides is 1. The average molecular weight is 686 g/mol. The number of benzene rings is 4. The van der Waals surface area contributed by atoms with Gasteiger partial charge in [0.15, 0.2) is 5.75 Å². The second-order valence-corrected chi connectivity index (χ2v) is 10.9. The lowest BCUT2D eigenvalue weighted by Gasteiger charge is -2.11. The van der Waals surface area contributed by atoms with Crippen LogP contribution in [0.3, 0.4) is 0 Å². The standard InChI is InChI=1S/C29H17Br2Cl2N3O3/c30-18-13-17(27(21(31)14-18)39-29(38)19-9-4-5-11-22(19)32)15-34-36-28(37)26-24(16-7-2-1-3-8-16)20-10-6-12-23(33)25(20)35-26/h1-15,35H,(H,36,37). The molecule has 1 aromatic heterocycles. The quantitative estimate of drug-likeness (QED) is 0.0812. The molecule has 0 saturated carbocycles. The van der Waals surface area contributed by atoms with Crippen LogP contribution in [0.15, 0.2) is 99.0 Å². The molecule has 1 amide bonds. The minimum atomic E-state index is -0.634. The molecule has 0 unspecified atom stereocenters. The molecule has 1 heterocycles. The van der Waals surface area contributed by atoms with Crippen LogP contribution in [0.5, 0.6) is 5.75 Å². The Kier molecular flexibility index (Phi) is 8.18. The van der Waals surface area contributed by atoms with Gasteiger partial charge >= 0.3 is 5.97 Å². The van der Waals surface area contributed by atoms with Crippen molar-refractivity contribution in [3.05, 3.63) is 121 Å². The van der Waals surface area contributed by atoms with Crippen molar-refractivity contribution in [1.29, 1.82) is 0 Å². The zero-order valence-electron chi connectivity index (χ0n) is 19.8. The molecule has 4 aromatic carbocycles. The monoisotopic (exact) mass is 683 g/mol. The molecule has 0 atom stereocenters. The first-order valence-electron chi connectivity index (χ1n) is 11.5. The van der Waals surface area contributed by atoms with Crippen molar-refractivity contribution in [3.63, 3.8) is 0 Å². The summed E-state index contributed by atoms with van der Waals surface area (Å²) in [6.07, 6.45) is 1.39. The van der Waals surface area contributed by atoms with Gasteiger partial charge in [0, 0.05) is 21.0 Å². The third-order valence-corrected chi connectivity index (χ3v) is 7.46. The summed E-state index contributed by atoms with van der Waals surface area (Å²) >= 11 is 19.4. The highest BCUT2D eigenvalue weighted by Gasteiger charge is 2.21. The largest absolute Gasteiger partial charge is 0.421 e. The molecule has 0 spiro atoms. The van der Waals surface area contributed by atoms with Crippen LogP contribution in [0.25, 0.3) is 22.0 Å². The Labute approximate surface area is 250 Å². The Morgan fingerprint density at radius 1 is 0.897 bits per heavy atom. The Hall–Kier alpha value is -3.43. The summed E-state index contributed by atoms with van der Waals surface area (Å²) in [5.74, 6) is -0.894. The van der Waals surface area contributed by atoms with E-state index in [-0.39, 0.29) is 16.3 Å². The highest BCUT2D eigenvalue weighted by atomic mass is 79.9. The van der Waals surface area contributed by atoms with Crippen LogP contribution in [0.4, 0.5) is 0 Å². The summed E-state index contributed by atoms with van der Waals surface area (Å²) in [7, 11) is 0. The van der Waals surface area contributed by atoms with E-state index in [1.807, 2.05) is 42.5 Å². The summed E-state index contributed by atoms with van der Waals surface area (Å²) < 4.78 is 6.86. The molecule has 194 valence electrons. The number of carbonyl (C=O) groups excluding carboxylic acids is 2. The first-order valence-corrected chi connectivity index (χ1v) is 13.8. The summed E-state index contributed by atoms with van der Waals surface area (Å²) in [4.78, 5) is 29.3. The van der Waals surface area contributed by atoms with Crippen LogP contribution in [0.1, 0.15) is 26.4 Å². The van der Waals surface area contributed by atoms with Crippen molar-refractivity contribution in [2.75, 3.05) is 0 Å². The van der Waals surface area contributed by atoms with Gasteiger partial charge in [-0.25, -0.2) is 10.2 Å². The van der Waals surface area contributed by atoms with E-state index >= 15 is 0 Å². The van der Waals surface area contributed by atoms with Gasteiger partial charge in [-0.15, -0.1) is 0 Å². The molecule has 39 heavy (non-hydrogen) atoms. The normalized spacial score (nSPS) is 11.2. The van der Waals surface area contributed by atoms with Gasteiger partial charge in [0.2, 0.25) is 0 Å². The van der Waals surface area contributed by atoms with Crippen LogP contribution >= 0.6 is 55.1 Å². The highest BCUT2D eigenvalue weighted by molar-refractivity contribution is 9.11. The van der Waals surface area contributed by atoms with Crippen molar-refractivity contribution in [3.8, 4) is 16.9 Å². The molecule has 0 aliphatic heterocycles. The second kappa shape index (κ2) is 11.8. The van der Waals surface area contributed by atoms with E-state index < -0.39 is 11.9 Å². The molecule has 5 rings (SSSR count). The average Bonchev–Trinajstić information content (AvgIpc) is 3.32. The summed E-state index contributed by atoms with van der Waals surface area (Å²) in [6, 6.07) is 25.1. The minimum Gasteiger partial charge on any atom is -0.421 e. The smallest absolute Gasteiger partial charge is 0.345 e. The third kappa shape index (κ3) is 5.79. The van der Waals surface area contributed by atoms with Gasteiger partial charge in [-0.05, 0) is 51.8 Å². The minimum absolute atomic E-state index is 0.212. The van der Waals surface area contributed by atoms with Crippen LogP contribution < -0.4 is 10.2 Å². The molecule has 0 fully saturated rings. The number of aromatic nitrogens is 1. The Bertz CT molecular complexity index is 1750. The molecule has 0 radical (unpaired) electrons. The van der Waals surface area contributed by atoms with E-state index in [4.69, 9.17) is 27.9 Å². The molecule has 5 aromatic rings. The van der Waals surface area contributed by atoms with Gasteiger partial charge in [-0.2, -0.15) is 5.10 Å².